The monoisotopic (exact) mass is 298 g/mol. The second-order valence-corrected chi connectivity index (χ2v) is 6.80. The van der Waals surface area contributed by atoms with E-state index in [-0.39, 0.29) is 29.6 Å². The SMILES string of the molecule is CC1(C)CC(NC(=O)NC2CCC(C(=O)O)CC2)CCO1. The zero-order valence-electron chi connectivity index (χ0n) is 12.9. The quantitative estimate of drug-likeness (QED) is 0.742. The van der Waals surface area contributed by atoms with Crippen molar-refractivity contribution in [2.45, 2.75) is 70.1 Å². The number of amides is 2. The molecule has 2 amide bonds. The fraction of sp³-hybridized carbons (Fsp3) is 0.867. The standard InChI is InChI=1S/C15H26N2O4/c1-15(2)9-12(7-8-21-15)17-14(20)16-11-5-3-10(4-6-11)13(18)19/h10-12H,3-9H2,1-2H3,(H,18,19)(H2,16,17,20). The van der Waals surface area contributed by atoms with Crippen LogP contribution in [0.25, 0.3) is 0 Å². The maximum Gasteiger partial charge on any atom is 0.315 e. The van der Waals surface area contributed by atoms with Crippen LogP contribution in [-0.4, -0.2) is 41.4 Å². The van der Waals surface area contributed by atoms with Crippen LogP contribution < -0.4 is 10.6 Å². The van der Waals surface area contributed by atoms with Crippen LogP contribution in [0.15, 0.2) is 0 Å². The normalized spacial score (nSPS) is 32.2. The number of hydrogen-bond donors (Lipinski definition) is 3. The first kappa shape index (κ1) is 16.1. The van der Waals surface area contributed by atoms with Gasteiger partial charge in [0.05, 0.1) is 11.5 Å². The molecule has 2 rings (SSSR count). The first-order valence-electron chi connectivity index (χ1n) is 7.79. The van der Waals surface area contributed by atoms with Crippen LogP contribution >= 0.6 is 0 Å². The van der Waals surface area contributed by atoms with Gasteiger partial charge in [0, 0.05) is 18.7 Å². The van der Waals surface area contributed by atoms with Gasteiger partial charge in [-0.2, -0.15) is 0 Å². The Morgan fingerprint density at radius 2 is 1.67 bits per heavy atom. The van der Waals surface area contributed by atoms with Crippen molar-refractivity contribution in [3.63, 3.8) is 0 Å². The van der Waals surface area contributed by atoms with Crippen molar-refractivity contribution >= 4 is 12.0 Å². The van der Waals surface area contributed by atoms with Crippen molar-refractivity contribution in [1.29, 1.82) is 0 Å². The lowest BCUT2D eigenvalue weighted by molar-refractivity contribution is -0.142. The summed E-state index contributed by atoms with van der Waals surface area (Å²) >= 11 is 0. The van der Waals surface area contributed by atoms with E-state index in [9.17, 15) is 9.59 Å². The third-order valence-corrected chi connectivity index (χ3v) is 4.44. The first-order chi connectivity index (χ1) is 9.85. The summed E-state index contributed by atoms with van der Waals surface area (Å²) in [7, 11) is 0. The van der Waals surface area contributed by atoms with E-state index in [2.05, 4.69) is 10.6 Å². The third-order valence-electron chi connectivity index (χ3n) is 4.44. The van der Waals surface area contributed by atoms with Gasteiger partial charge in [-0.3, -0.25) is 4.79 Å². The minimum atomic E-state index is -0.720. The highest BCUT2D eigenvalue weighted by atomic mass is 16.5. The second-order valence-electron chi connectivity index (χ2n) is 6.80. The van der Waals surface area contributed by atoms with Gasteiger partial charge in [-0.25, -0.2) is 4.79 Å². The van der Waals surface area contributed by atoms with Crippen molar-refractivity contribution in [2.24, 2.45) is 5.92 Å². The zero-order valence-corrected chi connectivity index (χ0v) is 12.9. The summed E-state index contributed by atoms with van der Waals surface area (Å²) in [6.07, 6.45) is 4.41. The molecule has 120 valence electrons. The van der Waals surface area contributed by atoms with E-state index in [0.717, 1.165) is 25.7 Å². The number of hydrogen-bond acceptors (Lipinski definition) is 3. The Hall–Kier alpha value is -1.30. The van der Waals surface area contributed by atoms with Gasteiger partial charge in [-0.15, -0.1) is 0 Å². The minimum absolute atomic E-state index is 0.0912. The molecule has 1 aliphatic carbocycles. The molecule has 1 saturated carbocycles. The number of aliphatic carboxylic acids is 1. The number of carboxylic acid groups (broad SMARTS) is 1. The number of rotatable bonds is 3. The van der Waals surface area contributed by atoms with E-state index >= 15 is 0 Å². The Balaban J connectivity index is 1.72. The Bertz CT molecular complexity index is 389. The number of carboxylic acids is 1. The Morgan fingerprint density at radius 3 is 2.24 bits per heavy atom. The molecule has 6 nitrogen and oxygen atoms in total. The Kier molecular flexibility index (Phi) is 5.08. The Labute approximate surface area is 125 Å². The molecule has 0 aromatic carbocycles. The molecule has 6 heteroatoms. The van der Waals surface area contributed by atoms with Gasteiger partial charge in [-0.05, 0) is 52.4 Å². The van der Waals surface area contributed by atoms with E-state index in [1.165, 1.54) is 0 Å². The molecule has 1 saturated heterocycles. The topological polar surface area (TPSA) is 87.7 Å². The van der Waals surface area contributed by atoms with Crippen LogP contribution in [0.2, 0.25) is 0 Å². The predicted molar refractivity (Wildman–Crippen MR) is 78.1 cm³/mol. The molecule has 1 aliphatic heterocycles. The molecule has 0 aromatic rings. The summed E-state index contributed by atoms with van der Waals surface area (Å²) < 4.78 is 5.63. The van der Waals surface area contributed by atoms with Crippen LogP contribution in [0.3, 0.4) is 0 Å². The van der Waals surface area contributed by atoms with Crippen molar-refractivity contribution in [3.05, 3.63) is 0 Å². The van der Waals surface area contributed by atoms with Gasteiger partial charge in [0.15, 0.2) is 0 Å². The molecule has 2 aliphatic rings. The lowest BCUT2D eigenvalue weighted by Gasteiger charge is -2.36. The summed E-state index contributed by atoms with van der Waals surface area (Å²) in [5, 5.41) is 14.9. The van der Waals surface area contributed by atoms with Crippen LogP contribution in [0.1, 0.15) is 52.4 Å². The molecule has 0 bridgehead atoms. The lowest BCUT2D eigenvalue weighted by Crippen LogP contribution is -2.51. The van der Waals surface area contributed by atoms with Gasteiger partial charge in [0.1, 0.15) is 0 Å². The van der Waals surface area contributed by atoms with Gasteiger partial charge in [0.2, 0.25) is 0 Å². The average molecular weight is 298 g/mol. The van der Waals surface area contributed by atoms with E-state index in [4.69, 9.17) is 9.84 Å². The van der Waals surface area contributed by atoms with Gasteiger partial charge in [0.25, 0.3) is 0 Å². The summed E-state index contributed by atoms with van der Waals surface area (Å²) in [5.74, 6) is -0.968. The highest BCUT2D eigenvalue weighted by Crippen LogP contribution is 2.25. The van der Waals surface area contributed by atoms with Gasteiger partial charge in [-0.1, -0.05) is 0 Å². The molecule has 0 spiro atoms. The van der Waals surface area contributed by atoms with Crippen molar-refractivity contribution in [3.8, 4) is 0 Å². The largest absolute Gasteiger partial charge is 0.481 e. The molecule has 1 unspecified atom stereocenters. The molecule has 2 fully saturated rings. The van der Waals surface area contributed by atoms with Crippen molar-refractivity contribution in [1.82, 2.24) is 10.6 Å². The summed E-state index contributed by atoms with van der Waals surface area (Å²) in [6, 6.07) is 0.0917. The Morgan fingerprint density at radius 1 is 1.05 bits per heavy atom. The van der Waals surface area contributed by atoms with Crippen LogP contribution in [0, 0.1) is 5.92 Å². The smallest absolute Gasteiger partial charge is 0.315 e. The third kappa shape index (κ3) is 4.88. The van der Waals surface area contributed by atoms with E-state index < -0.39 is 5.97 Å². The molecular weight excluding hydrogens is 272 g/mol. The zero-order chi connectivity index (χ0) is 15.5. The van der Waals surface area contributed by atoms with Crippen molar-refractivity contribution < 1.29 is 19.4 Å². The molecule has 1 atom stereocenters. The second kappa shape index (κ2) is 6.64. The van der Waals surface area contributed by atoms with E-state index in [1.54, 1.807) is 0 Å². The van der Waals surface area contributed by atoms with Crippen LogP contribution in [-0.2, 0) is 9.53 Å². The minimum Gasteiger partial charge on any atom is -0.481 e. The highest BCUT2D eigenvalue weighted by molar-refractivity contribution is 5.74. The fourth-order valence-corrected chi connectivity index (χ4v) is 3.25. The molecule has 3 N–H and O–H groups in total. The summed E-state index contributed by atoms with van der Waals surface area (Å²) in [6.45, 7) is 4.74. The number of carbonyl (C=O) groups is 2. The van der Waals surface area contributed by atoms with Crippen LogP contribution in [0.4, 0.5) is 4.79 Å². The van der Waals surface area contributed by atoms with Crippen molar-refractivity contribution in [2.75, 3.05) is 6.61 Å². The lowest BCUT2D eigenvalue weighted by atomic mass is 9.86. The molecule has 0 radical (unpaired) electrons. The number of carbonyl (C=O) groups excluding carboxylic acids is 1. The van der Waals surface area contributed by atoms with E-state index in [1.807, 2.05) is 13.8 Å². The van der Waals surface area contributed by atoms with E-state index in [0.29, 0.717) is 19.4 Å². The maximum absolute atomic E-state index is 12.0. The number of nitrogens with one attached hydrogen (secondary N) is 2. The highest BCUT2D eigenvalue weighted by Gasteiger charge is 2.31. The molecular formula is C15H26N2O4. The average Bonchev–Trinajstić information content (AvgIpc) is 2.37. The molecule has 21 heavy (non-hydrogen) atoms. The predicted octanol–water partition coefficient (Wildman–Crippen LogP) is 1.89. The molecule has 0 aromatic heterocycles. The first-order valence-corrected chi connectivity index (χ1v) is 7.79. The van der Waals surface area contributed by atoms with Gasteiger partial charge < -0.3 is 20.5 Å². The molecule has 1 heterocycles. The van der Waals surface area contributed by atoms with Gasteiger partial charge >= 0.3 is 12.0 Å². The fourth-order valence-electron chi connectivity index (χ4n) is 3.25. The maximum atomic E-state index is 12.0. The summed E-state index contributed by atoms with van der Waals surface area (Å²) in [4.78, 5) is 22.9. The van der Waals surface area contributed by atoms with Crippen LogP contribution in [0.5, 0.6) is 0 Å². The number of urea groups is 1. The summed E-state index contributed by atoms with van der Waals surface area (Å²) in [5.41, 5.74) is -0.185. The number of ether oxygens (including phenoxy) is 1.